The largest absolute Gasteiger partial charge is 0.425 e. The van der Waals surface area contributed by atoms with Crippen molar-refractivity contribution >= 4 is 16.3 Å². The molecule has 3 heteroatoms. The zero-order valence-corrected chi connectivity index (χ0v) is 16.6. The smallest absolute Gasteiger partial charge is 0.146 e. The Morgan fingerprint density at radius 1 is 1.09 bits per heavy atom. The third-order valence-electron chi connectivity index (χ3n) is 8.56. The molecule has 4 aliphatic rings. The van der Waals surface area contributed by atoms with Crippen LogP contribution in [0.3, 0.4) is 0 Å². The average Bonchev–Trinajstić information content (AvgIpc) is 2.85. The number of Topliss-reactive ketones (excluding diaryl/α,β-unsaturated/α-hetero) is 1. The Morgan fingerprint density at radius 2 is 1.86 bits per heavy atom. The molecule has 0 aliphatic heterocycles. The van der Waals surface area contributed by atoms with Crippen molar-refractivity contribution in [2.24, 2.45) is 34.5 Å². The van der Waals surface area contributed by atoms with E-state index < -0.39 is 0 Å². The fourth-order valence-corrected chi connectivity index (χ4v) is 7.83. The summed E-state index contributed by atoms with van der Waals surface area (Å²) < 4.78 is 6.07. The first-order valence-corrected chi connectivity index (χ1v) is 10.3. The second-order valence-electron chi connectivity index (χ2n) is 9.32. The van der Waals surface area contributed by atoms with E-state index >= 15 is 0 Å². The highest BCUT2D eigenvalue weighted by Gasteiger charge is 2.60. The van der Waals surface area contributed by atoms with Gasteiger partial charge < -0.3 is 4.43 Å². The van der Waals surface area contributed by atoms with Gasteiger partial charge in [-0.05, 0) is 79.4 Å². The Balaban J connectivity index is 1.65. The quantitative estimate of drug-likeness (QED) is 0.693. The molecule has 0 aromatic rings. The molecule has 124 valence electrons. The SMILES string of the molecule is C[C@@]12CCC(O[SiH3])[C@H]1[C@@H]1CC[C@H]3CC(=O)CC[C@]3(C)[C@H]1CC2. The van der Waals surface area contributed by atoms with Crippen LogP contribution in [0.25, 0.3) is 0 Å². The lowest BCUT2D eigenvalue weighted by Gasteiger charge is -2.60. The van der Waals surface area contributed by atoms with Crippen molar-refractivity contribution in [2.75, 3.05) is 0 Å². The van der Waals surface area contributed by atoms with E-state index in [1.165, 1.54) is 38.5 Å². The van der Waals surface area contributed by atoms with Gasteiger partial charge in [0.2, 0.25) is 0 Å². The van der Waals surface area contributed by atoms with E-state index in [2.05, 4.69) is 13.8 Å². The maximum absolute atomic E-state index is 11.9. The molecule has 0 bridgehead atoms. The molecule has 1 unspecified atom stereocenters. The van der Waals surface area contributed by atoms with Gasteiger partial charge in [0, 0.05) is 18.9 Å². The zero-order chi connectivity index (χ0) is 15.5. The number of carbonyl (C=O) groups excluding carboxylic acids is 1. The number of hydrogen-bond acceptors (Lipinski definition) is 2. The van der Waals surface area contributed by atoms with Crippen LogP contribution in [0.2, 0.25) is 0 Å². The molecule has 0 saturated heterocycles. The zero-order valence-electron chi connectivity index (χ0n) is 14.6. The van der Waals surface area contributed by atoms with Gasteiger partial charge in [0.1, 0.15) is 16.3 Å². The molecule has 0 aromatic heterocycles. The summed E-state index contributed by atoms with van der Waals surface area (Å²) in [5.41, 5.74) is 0.987. The van der Waals surface area contributed by atoms with E-state index in [0.29, 0.717) is 28.6 Å². The molecule has 4 rings (SSSR count). The van der Waals surface area contributed by atoms with Gasteiger partial charge in [0.25, 0.3) is 0 Å². The molecule has 0 aromatic carbocycles. The molecule has 22 heavy (non-hydrogen) atoms. The van der Waals surface area contributed by atoms with Crippen LogP contribution < -0.4 is 0 Å². The van der Waals surface area contributed by atoms with Crippen molar-refractivity contribution < 1.29 is 9.22 Å². The minimum atomic E-state index is 0.441. The fraction of sp³-hybridized carbons (Fsp3) is 0.947. The van der Waals surface area contributed by atoms with E-state index in [4.69, 9.17) is 4.43 Å². The van der Waals surface area contributed by atoms with Gasteiger partial charge in [-0.15, -0.1) is 0 Å². The van der Waals surface area contributed by atoms with Crippen molar-refractivity contribution in [3.8, 4) is 0 Å². The molecule has 2 nitrogen and oxygen atoms in total. The molecule has 0 radical (unpaired) electrons. The van der Waals surface area contributed by atoms with Gasteiger partial charge in [0.15, 0.2) is 0 Å². The summed E-state index contributed by atoms with van der Waals surface area (Å²) in [6.07, 6.45) is 11.6. The monoisotopic (exact) mass is 320 g/mol. The van der Waals surface area contributed by atoms with E-state index in [1.807, 2.05) is 0 Å². The molecular weight excluding hydrogens is 288 g/mol. The summed E-state index contributed by atoms with van der Waals surface area (Å²) in [6.45, 7) is 5.09. The summed E-state index contributed by atoms with van der Waals surface area (Å²) >= 11 is 0. The standard InChI is InChI=1S/C19H32O2Si/c1-18-8-6-15-14(17(18)16(21-22)7-9-18)4-3-12-11-13(20)5-10-19(12,15)2/h12,14-17H,3-11H2,1-2,22H3/t12-,14+,15-,16?,17+,18+,19-/m0/s1. The first-order valence-electron chi connectivity index (χ1n) is 9.52. The number of fused-ring (bicyclic) bond motifs is 5. The van der Waals surface area contributed by atoms with Gasteiger partial charge in [0.05, 0.1) is 0 Å². The summed E-state index contributed by atoms with van der Waals surface area (Å²) in [5, 5.41) is 0. The number of carbonyl (C=O) groups is 1. The van der Waals surface area contributed by atoms with Crippen molar-refractivity contribution in [3.63, 3.8) is 0 Å². The fourth-order valence-electron chi connectivity index (χ4n) is 7.30. The van der Waals surface area contributed by atoms with Crippen LogP contribution in [0.15, 0.2) is 0 Å². The van der Waals surface area contributed by atoms with Crippen LogP contribution in [0, 0.1) is 34.5 Å². The minimum Gasteiger partial charge on any atom is -0.425 e. The van der Waals surface area contributed by atoms with Crippen LogP contribution in [0.4, 0.5) is 0 Å². The Bertz CT molecular complexity index is 478. The van der Waals surface area contributed by atoms with Crippen molar-refractivity contribution in [2.45, 2.75) is 77.7 Å². The molecule has 0 heterocycles. The Kier molecular flexibility index (Phi) is 3.62. The second kappa shape index (κ2) is 5.17. The third kappa shape index (κ3) is 2.04. The summed E-state index contributed by atoms with van der Waals surface area (Å²) in [7, 11) is 0.885. The van der Waals surface area contributed by atoms with E-state index in [-0.39, 0.29) is 0 Å². The lowest BCUT2D eigenvalue weighted by atomic mass is 9.45. The average molecular weight is 321 g/mol. The highest BCUT2D eigenvalue weighted by atomic mass is 28.2. The Morgan fingerprint density at radius 3 is 2.64 bits per heavy atom. The summed E-state index contributed by atoms with van der Waals surface area (Å²) in [6, 6.07) is 0. The van der Waals surface area contributed by atoms with Crippen LogP contribution in [0.1, 0.15) is 71.6 Å². The lowest BCUT2D eigenvalue weighted by molar-refractivity contribution is -0.141. The predicted molar refractivity (Wildman–Crippen MR) is 91.5 cm³/mol. The predicted octanol–water partition coefficient (Wildman–Crippen LogP) is 3.26. The van der Waals surface area contributed by atoms with Crippen LogP contribution in [-0.4, -0.2) is 22.4 Å². The first kappa shape index (κ1) is 15.4. The first-order chi connectivity index (χ1) is 10.5. The van der Waals surface area contributed by atoms with Gasteiger partial charge in [-0.1, -0.05) is 13.8 Å². The van der Waals surface area contributed by atoms with Gasteiger partial charge in [-0.2, -0.15) is 0 Å². The third-order valence-corrected chi connectivity index (χ3v) is 9.16. The minimum absolute atomic E-state index is 0.441. The van der Waals surface area contributed by atoms with Crippen LogP contribution in [0.5, 0.6) is 0 Å². The Hall–Kier alpha value is -0.153. The normalized spacial score (nSPS) is 54.6. The highest BCUT2D eigenvalue weighted by Crippen LogP contribution is 2.66. The topological polar surface area (TPSA) is 26.3 Å². The molecule has 4 saturated carbocycles. The Labute approximate surface area is 138 Å². The lowest BCUT2D eigenvalue weighted by Crippen LogP contribution is -2.54. The van der Waals surface area contributed by atoms with Crippen molar-refractivity contribution in [1.29, 1.82) is 0 Å². The summed E-state index contributed by atoms with van der Waals surface area (Å²) in [4.78, 5) is 11.9. The molecule has 0 N–H and O–H groups in total. The molecular formula is C19H32O2Si. The van der Waals surface area contributed by atoms with E-state index in [1.54, 1.807) is 0 Å². The van der Waals surface area contributed by atoms with E-state index in [9.17, 15) is 4.79 Å². The molecule has 4 fully saturated rings. The van der Waals surface area contributed by atoms with Crippen molar-refractivity contribution in [3.05, 3.63) is 0 Å². The van der Waals surface area contributed by atoms with Crippen LogP contribution in [-0.2, 0) is 9.22 Å². The second-order valence-corrected chi connectivity index (χ2v) is 9.80. The maximum Gasteiger partial charge on any atom is 0.146 e. The molecule has 4 aliphatic carbocycles. The van der Waals surface area contributed by atoms with Gasteiger partial charge in [-0.25, -0.2) is 0 Å². The van der Waals surface area contributed by atoms with Crippen LogP contribution >= 0.6 is 0 Å². The molecule has 7 atom stereocenters. The summed E-state index contributed by atoms with van der Waals surface area (Å²) in [5.74, 6) is 3.74. The maximum atomic E-state index is 11.9. The number of rotatable bonds is 1. The highest BCUT2D eigenvalue weighted by molar-refractivity contribution is 5.98. The number of hydrogen-bond donors (Lipinski definition) is 0. The number of ketones is 1. The molecule has 0 spiro atoms. The van der Waals surface area contributed by atoms with Crippen molar-refractivity contribution in [1.82, 2.24) is 0 Å². The van der Waals surface area contributed by atoms with E-state index in [0.717, 1.165) is 47.5 Å². The van der Waals surface area contributed by atoms with Gasteiger partial charge >= 0.3 is 0 Å². The van der Waals surface area contributed by atoms with Gasteiger partial charge in [-0.3, -0.25) is 4.79 Å². The molecule has 0 amide bonds.